The number of nitriles is 1. The van der Waals surface area contributed by atoms with E-state index in [1.165, 1.54) is 12.1 Å². The minimum Gasteiger partial charge on any atom is -0.207 e. The van der Waals surface area contributed by atoms with Crippen molar-refractivity contribution in [2.24, 2.45) is 0 Å². The maximum Gasteiger partial charge on any atom is 0.125 e. The zero-order valence-corrected chi connectivity index (χ0v) is 8.90. The Balaban J connectivity index is 2.68. The fourth-order valence-electron chi connectivity index (χ4n) is 1.04. The highest BCUT2D eigenvalue weighted by molar-refractivity contribution is 7.99. The second-order valence-corrected chi connectivity index (χ2v) is 4.16. The van der Waals surface area contributed by atoms with Gasteiger partial charge in [-0.3, -0.25) is 0 Å². The van der Waals surface area contributed by atoms with Gasteiger partial charge in [0, 0.05) is 4.90 Å². The first-order valence-corrected chi connectivity index (χ1v) is 5.58. The van der Waals surface area contributed by atoms with Gasteiger partial charge in [0.1, 0.15) is 5.82 Å². The minimum absolute atomic E-state index is 0.331. The summed E-state index contributed by atoms with van der Waals surface area (Å²) < 4.78 is 13.0. The van der Waals surface area contributed by atoms with Crippen LogP contribution in [0.5, 0.6) is 0 Å². The van der Waals surface area contributed by atoms with Crippen molar-refractivity contribution >= 4 is 11.8 Å². The summed E-state index contributed by atoms with van der Waals surface area (Å²) in [7, 11) is 0. The van der Waals surface area contributed by atoms with Gasteiger partial charge >= 0.3 is 0 Å². The van der Waals surface area contributed by atoms with Crippen molar-refractivity contribution in [2.75, 3.05) is 5.75 Å². The number of hydrogen-bond donors (Lipinski definition) is 0. The summed E-state index contributed by atoms with van der Waals surface area (Å²) in [5.41, 5.74) is 0.393. The molecule has 0 N–H and O–H groups in total. The van der Waals surface area contributed by atoms with E-state index in [9.17, 15) is 4.39 Å². The number of rotatable bonds is 4. The normalized spacial score (nSPS) is 9.79. The lowest BCUT2D eigenvalue weighted by atomic mass is 10.2. The van der Waals surface area contributed by atoms with Crippen LogP contribution in [0.15, 0.2) is 23.1 Å². The molecule has 14 heavy (non-hydrogen) atoms. The van der Waals surface area contributed by atoms with Gasteiger partial charge in [0.15, 0.2) is 0 Å². The van der Waals surface area contributed by atoms with Gasteiger partial charge < -0.3 is 0 Å². The molecule has 0 saturated carbocycles. The first kappa shape index (κ1) is 11.1. The smallest absolute Gasteiger partial charge is 0.125 e. The van der Waals surface area contributed by atoms with Crippen molar-refractivity contribution < 1.29 is 4.39 Å². The lowest BCUT2D eigenvalue weighted by molar-refractivity contribution is 0.623. The molecule has 0 unspecified atom stereocenters. The number of halogens is 1. The van der Waals surface area contributed by atoms with Gasteiger partial charge in [-0.2, -0.15) is 5.26 Å². The van der Waals surface area contributed by atoms with E-state index in [0.717, 1.165) is 23.5 Å². The molecule has 0 aliphatic rings. The van der Waals surface area contributed by atoms with Crippen LogP contribution in [0.25, 0.3) is 0 Å². The maximum atomic E-state index is 13.0. The van der Waals surface area contributed by atoms with Crippen molar-refractivity contribution in [1.29, 1.82) is 5.26 Å². The molecule has 1 aromatic rings. The average molecular weight is 209 g/mol. The quantitative estimate of drug-likeness (QED) is 0.559. The zero-order chi connectivity index (χ0) is 10.4. The van der Waals surface area contributed by atoms with Crippen molar-refractivity contribution in [2.45, 2.75) is 24.7 Å². The van der Waals surface area contributed by atoms with Crippen molar-refractivity contribution in [3.05, 3.63) is 29.6 Å². The molecule has 0 radical (unpaired) electrons. The SMILES string of the molecule is CCCCSc1cc(F)cc(C#N)c1. The van der Waals surface area contributed by atoms with E-state index < -0.39 is 0 Å². The Labute approximate surface area is 87.9 Å². The summed E-state index contributed by atoms with van der Waals surface area (Å²) in [5, 5.41) is 8.63. The van der Waals surface area contributed by atoms with Crippen LogP contribution in [0.2, 0.25) is 0 Å². The third-order valence-electron chi connectivity index (χ3n) is 1.77. The number of hydrogen-bond acceptors (Lipinski definition) is 2. The van der Waals surface area contributed by atoms with Gasteiger partial charge in [0.25, 0.3) is 0 Å². The van der Waals surface area contributed by atoms with Crippen LogP contribution < -0.4 is 0 Å². The molecule has 0 aliphatic heterocycles. The second-order valence-electron chi connectivity index (χ2n) is 2.99. The van der Waals surface area contributed by atoms with E-state index in [4.69, 9.17) is 5.26 Å². The van der Waals surface area contributed by atoms with Gasteiger partial charge in [0.05, 0.1) is 11.6 Å². The first-order valence-electron chi connectivity index (χ1n) is 4.59. The monoisotopic (exact) mass is 209 g/mol. The number of unbranched alkanes of at least 4 members (excludes halogenated alkanes) is 1. The molecule has 0 heterocycles. The molecule has 1 rings (SSSR count). The molecule has 0 bridgehead atoms. The van der Waals surface area contributed by atoms with Crippen LogP contribution in [-0.4, -0.2) is 5.75 Å². The largest absolute Gasteiger partial charge is 0.207 e. The second kappa shape index (κ2) is 5.66. The molecule has 0 fully saturated rings. The Kier molecular flexibility index (Phi) is 4.48. The summed E-state index contributed by atoms with van der Waals surface area (Å²) in [6.45, 7) is 2.12. The number of thioether (sulfide) groups is 1. The Hall–Kier alpha value is -1.01. The van der Waals surface area contributed by atoms with Crippen LogP contribution >= 0.6 is 11.8 Å². The van der Waals surface area contributed by atoms with E-state index >= 15 is 0 Å². The van der Waals surface area contributed by atoms with Gasteiger partial charge in [-0.05, 0) is 30.4 Å². The summed E-state index contributed by atoms with van der Waals surface area (Å²) in [6.07, 6.45) is 2.25. The lowest BCUT2D eigenvalue weighted by Gasteiger charge is -2.01. The average Bonchev–Trinajstić information content (AvgIpc) is 2.17. The topological polar surface area (TPSA) is 23.8 Å². The molecule has 0 spiro atoms. The molecule has 3 heteroatoms. The molecule has 1 aromatic carbocycles. The number of nitrogens with zero attached hydrogens (tertiary/aromatic N) is 1. The van der Waals surface area contributed by atoms with Crippen molar-refractivity contribution in [3.8, 4) is 6.07 Å². The van der Waals surface area contributed by atoms with E-state index in [1.807, 2.05) is 6.07 Å². The molecular weight excluding hydrogens is 197 g/mol. The van der Waals surface area contributed by atoms with Crippen molar-refractivity contribution in [1.82, 2.24) is 0 Å². The van der Waals surface area contributed by atoms with Crippen LogP contribution in [0.1, 0.15) is 25.3 Å². The molecule has 0 saturated heterocycles. The summed E-state index contributed by atoms with van der Waals surface area (Å²) >= 11 is 1.60. The third kappa shape index (κ3) is 3.39. The molecule has 0 atom stereocenters. The predicted molar refractivity (Wildman–Crippen MR) is 56.7 cm³/mol. The Bertz CT molecular complexity index is 344. The predicted octanol–water partition coefficient (Wildman–Crippen LogP) is 3.59. The number of benzene rings is 1. The summed E-state index contributed by atoms with van der Waals surface area (Å²) in [5.74, 6) is 0.646. The highest BCUT2D eigenvalue weighted by atomic mass is 32.2. The fourth-order valence-corrected chi connectivity index (χ4v) is 2.12. The van der Waals surface area contributed by atoms with Crippen LogP contribution in [0, 0.1) is 17.1 Å². The minimum atomic E-state index is -0.331. The molecule has 0 aromatic heterocycles. The Morgan fingerprint density at radius 1 is 1.43 bits per heavy atom. The lowest BCUT2D eigenvalue weighted by Crippen LogP contribution is -1.83. The highest BCUT2D eigenvalue weighted by Crippen LogP contribution is 2.21. The van der Waals surface area contributed by atoms with E-state index in [0.29, 0.717) is 5.56 Å². The van der Waals surface area contributed by atoms with Gasteiger partial charge in [-0.1, -0.05) is 13.3 Å². The molecular formula is C11H12FNS. The molecule has 1 nitrogen and oxygen atoms in total. The van der Waals surface area contributed by atoms with Gasteiger partial charge in [-0.15, -0.1) is 11.8 Å². The zero-order valence-electron chi connectivity index (χ0n) is 8.09. The van der Waals surface area contributed by atoms with E-state index in [-0.39, 0.29) is 5.82 Å². The van der Waals surface area contributed by atoms with Gasteiger partial charge in [-0.25, -0.2) is 4.39 Å². The molecule has 0 aliphatic carbocycles. The fraction of sp³-hybridized carbons (Fsp3) is 0.364. The van der Waals surface area contributed by atoms with Crippen LogP contribution in [0.3, 0.4) is 0 Å². The maximum absolute atomic E-state index is 13.0. The van der Waals surface area contributed by atoms with E-state index in [1.54, 1.807) is 17.8 Å². The van der Waals surface area contributed by atoms with Crippen LogP contribution in [-0.2, 0) is 0 Å². The summed E-state index contributed by atoms with van der Waals surface area (Å²) in [6, 6.07) is 6.40. The van der Waals surface area contributed by atoms with E-state index in [2.05, 4.69) is 6.92 Å². The first-order chi connectivity index (χ1) is 6.76. The third-order valence-corrected chi connectivity index (χ3v) is 2.83. The Morgan fingerprint density at radius 3 is 2.86 bits per heavy atom. The van der Waals surface area contributed by atoms with Crippen molar-refractivity contribution in [3.63, 3.8) is 0 Å². The molecule has 74 valence electrons. The summed E-state index contributed by atoms with van der Waals surface area (Å²) in [4.78, 5) is 0.843. The standard InChI is InChI=1S/C11H12FNS/c1-2-3-4-14-11-6-9(8-13)5-10(12)7-11/h5-7H,2-4H2,1H3. The molecule has 0 amide bonds. The van der Waals surface area contributed by atoms with Crippen LogP contribution in [0.4, 0.5) is 4.39 Å². The highest BCUT2D eigenvalue weighted by Gasteiger charge is 2.00. The van der Waals surface area contributed by atoms with Gasteiger partial charge in [0.2, 0.25) is 0 Å². The Morgan fingerprint density at radius 2 is 2.21 bits per heavy atom.